The highest BCUT2D eigenvalue weighted by Crippen LogP contribution is 2.69. The molecule has 1 saturated heterocycles. The van der Waals surface area contributed by atoms with Crippen molar-refractivity contribution in [2.45, 2.75) is 111 Å². The van der Waals surface area contributed by atoms with Crippen LogP contribution in [-0.4, -0.2) is 11.9 Å². The molecule has 1 aliphatic heterocycles. The van der Waals surface area contributed by atoms with E-state index in [1.54, 1.807) is 0 Å². The van der Waals surface area contributed by atoms with Crippen molar-refractivity contribution in [1.29, 1.82) is 0 Å². The summed E-state index contributed by atoms with van der Waals surface area (Å²) in [7, 11) is 0. The Morgan fingerprint density at radius 2 is 1.68 bits per heavy atom. The molecule has 3 saturated carbocycles. The number of hydrogen-bond donors (Lipinski definition) is 1. The van der Waals surface area contributed by atoms with Crippen LogP contribution in [-0.2, 0) is 4.79 Å². The molecular weight excluding hydrogens is 414 g/mol. The van der Waals surface area contributed by atoms with E-state index in [0.717, 1.165) is 54.8 Å². The summed E-state index contributed by atoms with van der Waals surface area (Å²) in [5.41, 5.74) is 2.29. The lowest BCUT2D eigenvalue weighted by Crippen LogP contribution is -2.62. The minimum Gasteiger partial charge on any atom is -0.353 e. The zero-order valence-corrected chi connectivity index (χ0v) is 22.5. The number of fused-ring (bicyclic) bond motifs is 5. The summed E-state index contributed by atoms with van der Waals surface area (Å²) in [6.07, 6.45) is 12.8. The van der Waals surface area contributed by atoms with E-state index >= 15 is 0 Å². The summed E-state index contributed by atoms with van der Waals surface area (Å²) in [5, 5.41) is 3.48. The number of carbonyl (C=O) groups is 1. The van der Waals surface area contributed by atoms with Gasteiger partial charge in [0, 0.05) is 12.5 Å². The van der Waals surface area contributed by atoms with Crippen LogP contribution in [0.3, 0.4) is 0 Å². The Labute approximate surface area is 209 Å². The molecule has 2 nitrogen and oxygen atoms in total. The number of benzene rings is 1. The van der Waals surface area contributed by atoms with Crippen LogP contribution in [0.2, 0.25) is 0 Å². The van der Waals surface area contributed by atoms with Gasteiger partial charge in [0.2, 0.25) is 5.91 Å². The molecule has 5 rings (SSSR count). The van der Waals surface area contributed by atoms with Crippen LogP contribution >= 0.6 is 0 Å². The van der Waals surface area contributed by atoms with Gasteiger partial charge in [-0.3, -0.25) is 4.79 Å². The van der Waals surface area contributed by atoms with Crippen LogP contribution in [0.1, 0.15) is 110 Å². The van der Waals surface area contributed by atoms with Gasteiger partial charge in [0.25, 0.3) is 0 Å². The van der Waals surface area contributed by atoms with Gasteiger partial charge < -0.3 is 5.32 Å². The third-order valence-corrected chi connectivity index (χ3v) is 11.6. The van der Waals surface area contributed by atoms with Crippen LogP contribution < -0.4 is 5.32 Å². The quantitative estimate of drug-likeness (QED) is 0.455. The third kappa shape index (κ3) is 4.05. The molecule has 4 fully saturated rings. The van der Waals surface area contributed by atoms with E-state index in [-0.39, 0.29) is 11.3 Å². The van der Waals surface area contributed by atoms with Gasteiger partial charge in [-0.05, 0) is 96.3 Å². The predicted molar refractivity (Wildman–Crippen MR) is 141 cm³/mol. The lowest BCUT2D eigenvalue weighted by Gasteiger charge is -2.63. The first-order valence-electron chi connectivity index (χ1n) is 14.6. The Hall–Kier alpha value is -1.31. The Morgan fingerprint density at radius 3 is 2.41 bits per heavy atom. The fourth-order valence-corrected chi connectivity index (χ4v) is 9.78. The average molecular weight is 464 g/mol. The highest BCUT2D eigenvalue weighted by molar-refractivity contribution is 5.77. The molecule has 1 N–H and O–H groups in total. The highest BCUT2D eigenvalue weighted by Gasteiger charge is 2.63. The molecule has 1 unspecified atom stereocenters. The van der Waals surface area contributed by atoms with Crippen LogP contribution in [0.25, 0.3) is 0 Å². The minimum atomic E-state index is 0.270. The second kappa shape index (κ2) is 9.29. The monoisotopic (exact) mass is 463 g/mol. The summed E-state index contributed by atoms with van der Waals surface area (Å²) in [5.74, 6) is 5.78. The normalized spacial score (nSPS) is 42.5. The van der Waals surface area contributed by atoms with Crippen molar-refractivity contribution in [3.63, 3.8) is 0 Å². The fraction of sp³-hybridized carbons (Fsp3) is 0.781. The molecule has 1 aromatic carbocycles. The van der Waals surface area contributed by atoms with Crippen molar-refractivity contribution >= 4 is 5.91 Å². The number of carbonyl (C=O) groups excluding carboxylic acids is 1. The van der Waals surface area contributed by atoms with Gasteiger partial charge in [-0.2, -0.15) is 0 Å². The van der Waals surface area contributed by atoms with Crippen LogP contribution in [0, 0.1) is 46.3 Å². The maximum Gasteiger partial charge on any atom is 0.220 e. The van der Waals surface area contributed by atoms with Gasteiger partial charge in [0.15, 0.2) is 0 Å². The Bertz CT molecular complexity index is 863. The summed E-state index contributed by atoms with van der Waals surface area (Å²) in [4.78, 5) is 12.4. The molecule has 2 heteroatoms. The molecule has 4 aliphatic rings. The SMILES string of the molecule is CC(C)CCC[C@@H](C)[C@H]1CC[C@H]2[C@@H]3[C@@H](c4ccccc4)CC4NC(=O)CC[C@]4(C)[C@H]3CC[C@]12C. The Kier molecular flexibility index (Phi) is 6.66. The van der Waals surface area contributed by atoms with Gasteiger partial charge >= 0.3 is 0 Å². The van der Waals surface area contributed by atoms with Crippen LogP contribution in [0.15, 0.2) is 30.3 Å². The largest absolute Gasteiger partial charge is 0.353 e. The maximum absolute atomic E-state index is 12.4. The van der Waals surface area contributed by atoms with Crippen LogP contribution in [0.5, 0.6) is 0 Å². The predicted octanol–water partition coefficient (Wildman–Crippen LogP) is 7.98. The lowest BCUT2D eigenvalue weighted by atomic mass is 9.43. The average Bonchev–Trinajstić information content (AvgIpc) is 3.17. The van der Waals surface area contributed by atoms with E-state index in [4.69, 9.17) is 0 Å². The second-order valence-corrected chi connectivity index (χ2v) is 13.7. The van der Waals surface area contributed by atoms with E-state index in [1.807, 2.05) is 0 Å². The first-order valence-corrected chi connectivity index (χ1v) is 14.6. The van der Waals surface area contributed by atoms with Gasteiger partial charge in [0.05, 0.1) is 0 Å². The molecule has 0 bridgehead atoms. The molecule has 1 amide bonds. The highest BCUT2D eigenvalue weighted by atomic mass is 16.1. The van der Waals surface area contributed by atoms with Gasteiger partial charge in [-0.25, -0.2) is 0 Å². The Morgan fingerprint density at radius 1 is 0.941 bits per heavy atom. The molecule has 1 heterocycles. The summed E-state index contributed by atoms with van der Waals surface area (Å²) in [6.45, 7) is 12.6. The van der Waals surface area contributed by atoms with Crippen molar-refractivity contribution in [3.8, 4) is 0 Å². The summed E-state index contributed by atoms with van der Waals surface area (Å²) in [6, 6.07) is 11.7. The molecular formula is C32H49NO. The van der Waals surface area contributed by atoms with E-state index in [9.17, 15) is 4.79 Å². The van der Waals surface area contributed by atoms with Crippen LogP contribution in [0.4, 0.5) is 0 Å². The van der Waals surface area contributed by atoms with E-state index in [1.165, 1.54) is 50.5 Å². The molecule has 0 radical (unpaired) electrons. The molecule has 3 aliphatic carbocycles. The third-order valence-electron chi connectivity index (χ3n) is 11.6. The molecule has 9 atom stereocenters. The van der Waals surface area contributed by atoms with E-state index in [0.29, 0.717) is 17.4 Å². The second-order valence-electron chi connectivity index (χ2n) is 13.7. The van der Waals surface area contributed by atoms with E-state index in [2.05, 4.69) is 70.3 Å². The molecule has 0 aromatic heterocycles. The standard InChI is InChI=1S/C32H49NO/c1-21(2)10-9-11-22(3)25-14-15-26-30-24(23-12-7-6-8-13-23)20-28-32(5,19-17-29(34)33-28)27(30)16-18-31(25,26)4/h6-8,12-13,21-22,24-28,30H,9-11,14-20H2,1-5H3,(H,33,34)/t22-,24-,25-,26+,27+,28?,30+,31-,32-/m1/s1. The molecule has 34 heavy (non-hydrogen) atoms. The smallest absolute Gasteiger partial charge is 0.220 e. The number of piperidine rings is 1. The van der Waals surface area contributed by atoms with Gasteiger partial charge in [0.1, 0.15) is 0 Å². The zero-order chi connectivity index (χ0) is 24.1. The first-order chi connectivity index (χ1) is 16.2. The first kappa shape index (κ1) is 24.4. The van der Waals surface area contributed by atoms with E-state index < -0.39 is 0 Å². The number of amides is 1. The van der Waals surface area contributed by atoms with Gasteiger partial charge in [-0.1, -0.05) is 84.2 Å². The van der Waals surface area contributed by atoms with Gasteiger partial charge in [-0.15, -0.1) is 0 Å². The molecule has 188 valence electrons. The minimum absolute atomic E-state index is 0.270. The number of rotatable bonds is 6. The maximum atomic E-state index is 12.4. The van der Waals surface area contributed by atoms with Crippen molar-refractivity contribution < 1.29 is 4.79 Å². The Balaban J connectivity index is 1.45. The zero-order valence-electron chi connectivity index (χ0n) is 22.5. The molecule has 0 spiro atoms. The summed E-state index contributed by atoms with van der Waals surface area (Å²) < 4.78 is 0. The van der Waals surface area contributed by atoms with Crippen molar-refractivity contribution in [1.82, 2.24) is 5.32 Å². The van der Waals surface area contributed by atoms with Crippen molar-refractivity contribution in [2.75, 3.05) is 0 Å². The fourth-order valence-electron chi connectivity index (χ4n) is 9.78. The lowest BCUT2D eigenvalue weighted by molar-refractivity contribution is -0.140. The van der Waals surface area contributed by atoms with Crippen molar-refractivity contribution in [2.24, 2.45) is 46.3 Å². The molecule has 1 aromatic rings. The topological polar surface area (TPSA) is 29.1 Å². The number of nitrogens with one attached hydrogen (secondary N) is 1. The number of hydrogen-bond acceptors (Lipinski definition) is 1. The summed E-state index contributed by atoms with van der Waals surface area (Å²) >= 11 is 0. The van der Waals surface area contributed by atoms with Crippen molar-refractivity contribution in [3.05, 3.63) is 35.9 Å².